The van der Waals surface area contributed by atoms with Gasteiger partial charge in [-0.3, -0.25) is 4.79 Å². The zero-order valence-electron chi connectivity index (χ0n) is 12.8. The van der Waals surface area contributed by atoms with Crippen molar-refractivity contribution in [3.8, 4) is 0 Å². The zero-order chi connectivity index (χ0) is 14.8. The molecule has 3 N–H and O–H groups in total. The van der Waals surface area contributed by atoms with Crippen molar-refractivity contribution in [1.29, 1.82) is 0 Å². The molecule has 20 heavy (non-hydrogen) atoms. The lowest BCUT2D eigenvalue weighted by atomic mass is 9.77. The molecule has 0 unspecified atom stereocenters. The number of rotatable bonds is 3. The average molecular weight is 274 g/mol. The lowest BCUT2D eigenvalue weighted by Crippen LogP contribution is -2.55. The summed E-state index contributed by atoms with van der Waals surface area (Å²) in [5, 5.41) is 3.22. The Balaban J connectivity index is 2.15. The molecule has 1 amide bonds. The van der Waals surface area contributed by atoms with Crippen LogP contribution in [0.15, 0.2) is 18.2 Å². The smallest absolute Gasteiger partial charge is 0.252 e. The minimum absolute atomic E-state index is 0.0196. The quantitative estimate of drug-likeness (QED) is 0.890. The van der Waals surface area contributed by atoms with Crippen molar-refractivity contribution in [2.45, 2.75) is 52.0 Å². The first kappa shape index (κ1) is 15.0. The largest absolute Gasteiger partial charge is 0.345 e. The molecule has 3 nitrogen and oxygen atoms in total. The van der Waals surface area contributed by atoms with Crippen molar-refractivity contribution >= 4 is 5.91 Å². The first-order valence-corrected chi connectivity index (χ1v) is 7.56. The fourth-order valence-corrected chi connectivity index (χ4v) is 3.00. The van der Waals surface area contributed by atoms with Crippen LogP contribution in [0.1, 0.15) is 54.1 Å². The summed E-state index contributed by atoms with van der Waals surface area (Å²) in [6.45, 7) is 6.83. The number of hydrogen-bond donors (Lipinski definition) is 2. The molecule has 1 aromatic rings. The summed E-state index contributed by atoms with van der Waals surface area (Å²) in [6.07, 6.45) is 4.26. The Hall–Kier alpha value is -1.35. The maximum atomic E-state index is 12.6. The molecule has 0 saturated heterocycles. The van der Waals surface area contributed by atoms with Crippen molar-refractivity contribution in [1.82, 2.24) is 5.32 Å². The molecule has 3 heteroatoms. The minimum Gasteiger partial charge on any atom is -0.345 e. The maximum Gasteiger partial charge on any atom is 0.252 e. The van der Waals surface area contributed by atoms with Crippen LogP contribution in [0.5, 0.6) is 0 Å². The van der Waals surface area contributed by atoms with Crippen molar-refractivity contribution in [3.63, 3.8) is 0 Å². The van der Waals surface area contributed by atoms with Crippen LogP contribution in [-0.4, -0.2) is 18.0 Å². The first-order chi connectivity index (χ1) is 9.47. The number of nitrogens with one attached hydrogen (secondary N) is 1. The standard InChI is InChI=1S/C17H26N2O/c1-12-7-9-17(11-18,10-8-12)19-16(20)15-6-4-5-13(2)14(15)3/h4-6,12H,7-11,18H2,1-3H3,(H,19,20). The predicted molar refractivity (Wildman–Crippen MR) is 82.8 cm³/mol. The highest BCUT2D eigenvalue weighted by molar-refractivity contribution is 5.96. The third-order valence-corrected chi connectivity index (χ3v) is 4.85. The van der Waals surface area contributed by atoms with Crippen LogP contribution in [-0.2, 0) is 0 Å². The fourth-order valence-electron chi connectivity index (χ4n) is 3.00. The monoisotopic (exact) mass is 274 g/mol. The van der Waals surface area contributed by atoms with Gasteiger partial charge in [-0.05, 0) is 62.6 Å². The Morgan fingerprint density at radius 2 is 2.00 bits per heavy atom. The second-order valence-corrected chi connectivity index (χ2v) is 6.37. The summed E-state index contributed by atoms with van der Waals surface area (Å²) < 4.78 is 0. The molecule has 0 radical (unpaired) electrons. The first-order valence-electron chi connectivity index (χ1n) is 7.56. The van der Waals surface area contributed by atoms with Crippen molar-refractivity contribution in [3.05, 3.63) is 34.9 Å². The molecule has 1 aliphatic rings. The summed E-state index contributed by atoms with van der Waals surface area (Å²) in [5.74, 6) is 0.762. The number of nitrogens with two attached hydrogens (primary N) is 1. The van der Waals surface area contributed by atoms with Crippen molar-refractivity contribution in [2.75, 3.05) is 6.54 Å². The van der Waals surface area contributed by atoms with E-state index in [0.717, 1.165) is 48.3 Å². The van der Waals surface area contributed by atoms with Gasteiger partial charge in [-0.2, -0.15) is 0 Å². The Labute approximate surface area is 121 Å². The molecular weight excluding hydrogens is 248 g/mol. The van der Waals surface area contributed by atoms with Gasteiger partial charge in [0.2, 0.25) is 0 Å². The SMILES string of the molecule is Cc1cccc(C(=O)NC2(CN)CCC(C)CC2)c1C. The van der Waals surface area contributed by atoms with E-state index in [2.05, 4.69) is 12.2 Å². The van der Waals surface area contributed by atoms with E-state index >= 15 is 0 Å². The molecule has 2 rings (SSSR count). The van der Waals surface area contributed by atoms with E-state index in [1.807, 2.05) is 32.0 Å². The van der Waals surface area contributed by atoms with E-state index in [4.69, 9.17) is 5.73 Å². The highest BCUT2D eigenvalue weighted by Crippen LogP contribution is 2.31. The topological polar surface area (TPSA) is 55.1 Å². The van der Waals surface area contributed by atoms with Gasteiger partial charge in [0.05, 0.1) is 5.54 Å². The van der Waals surface area contributed by atoms with Crippen LogP contribution < -0.4 is 11.1 Å². The van der Waals surface area contributed by atoms with E-state index < -0.39 is 0 Å². The summed E-state index contributed by atoms with van der Waals surface area (Å²) in [7, 11) is 0. The van der Waals surface area contributed by atoms with Gasteiger partial charge in [0.15, 0.2) is 0 Å². The second-order valence-electron chi connectivity index (χ2n) is 6.37. The minimum atomic E-state index is -0.209. The molecule has 0 atom stereocenters. The number of benzene rings is 1. The highest BCUT2D eigenvalue weighted by atomic mass is 16.1. The molecule has 0 aromatic heterocycles. The predicted octanol–water partition coefficient (Wildman–Crippen LogP) is 2.94. The highest BCUT2D eigenvalue weighted by Gasteiger charge is 2.34. The molecule has 1 aliphatic carbocycles. The fraction of sp³-hybridized carbons (Fsp3) is 0.588. The van der Waals surface area contributed by atoms with Gasteiger partial charge >= 0.3 is 0 Å². The molecule has 0 bridgehead atoms. The van der Waals surface area contributed by atoms with Crippen LogP contribution in [0, 0.1) is 19.8 Å². The van der Waals surface area contributed by atoms with E-state index in [9.17, 15) is 4.79 Å². The van der Waals surface area contributed by atoms with Gasteiger partial charge in [0, 0.05) is 12.1 Å². The Bertz CT molecular complexity index is 488. The summed E-state index contributed by atoms with van der Waals surface area (Å²) >= 11 is 0. The molecule has 1 saturated carbocycles. The van der Waals surface area contributed by atoms with Crippen LogP contribution in [0.3, 0.4) is 0 Å². The molecule has 1 aromatic carbocycles. The van der Waals surface area contributed by atoms with Gasteiger partial charge in [-0.25, -0.2) is 0 Å². The van der Waals surface area contributed by atoms with Crippen LogP contribution in [0.25, 0.3) is 0 Å². The second kappa shape index (κ2) is 5.96. The van der Waals surface area contributed by atoms with Crippen LogP contribution in [0.2, 0.25) is 0 Å². The maximum absolute atomic E-state index is 12.6. The lowest BCUT2D eigenvalue weighted by Gasteiger charge is -2.39. The third kappa shape index (κ3) is 3.04. The summed E-state index contributed by atoms with van der Waals surface area (Å²) in [4.78, 5) is 12.6. The average Bonchev–Trinajstić information content (AvgIpc) is 2.44. The third-order valence-electron chi connectivity index (χ3n) is 4.85. The molecule has 1 fully saturated rings. The van der Waals surface area contributed by atoms with E-state index in [1.165, 1.54) is 0 Å². The molecule has 110 valence electrons. The lowest BCUT2D eigenvalue weighted by molar-refractivity contribution is 0.0859. The number of hydrogen-bond acceptors (Lipinski definition) is 2. The summed E-state index contributed by atoms with van der Waals surface area (Å²) in [5.41, 5.74) is 8.74. The molecule has 0 aliphatic heterocycles. The Kier molecular flexibility index (Phi) is 4.48. The number of carbonyl (C=O) groups excluding carboxylic acids is 1. The Morgan fingerprint density at radius 3 is 2.60 bits per heavy atom. The summed E-state index contributed by atoms with van der Waals surface area (Å²) in [6, 6.07) is 5.87. The number of aryl methyl sites for hydroxylation is 1. The molecular formula is C17H26N2O. The normalized spacial score (nSPS) is 26.3. The molecule has 0 heterocycles. The molecule has 0 spiro atoms. The number of amides is 1. The van der Waals surface area contributed by atoms with E-state index in [0.29, 0.717) is 6.54 Å². The van der Waals surface area contributed by atoms with E-state index in [-0.39, 0.29) is 11.4 Å². The van der Waals surface area contributed by atoms with E-state index in [1.54, 1.807) is 0 Å². The van der Waals surface area contributed by atoms with Crippen molar-refractivity contribution in [2.24, 2.45) is 11.7 Å². The number of carbonyl (C=O) groups is 1. The van der Waals surface area contributed by atoms with Gasteiger partial charge in [0.25, 0.3) is 5.91 Å². The van der Waals surface area contributed by atoms with Gasteiger partial charge in [-0.1, -0.05) is 19.1 Å². The van der Waals surface area contributed by atoms with Crippen LogP contribution in [0.4, 0.5) is 0 Å². The van der Waals surface area contributed by atoms with Crippen LogP contribution >= 0.6 is 0 Å². The Morgan fingerprint density at radius 1 is 1.35 bits per heavy atom. The van der Waals surface area contributed by atoms with Gasteiger partial charge in [-0.15, -0.1) is 0 Å². The van der Waals surface area contributed by atoms with Gasteiger partial charge in [0.1, 0.15) is 0 Å². The van der Waals surface area contributed by atoms with Gasteiger partial charge < -0.3 is 11.1 Å². The van der Waals surface area contributed by atoms with Crippen molar-refractivity contribution < 1.29 is 4.79 Å². The zero-order valence-corrected chi connectivity index (χ0v) is 12.8.